The molecule has 0 aliphatic heterocycles. The Bertz CT molecular complexity index is 1290. The van der Waals surface area contributed by atoms with E-state index in [-0.39, 0.29) is 51.5 Å². The van der Waals surface area contributed by atoms with E-state index in [1.165, 1.54) is 36.4 Å². The van der Waals surface area contributed by atoms with Crippen molar-refractivity contribution >= 4 is 38.8 Å². The molecule has 0 heterocycles. The zero-order valence-electron chi connectivity index (χ0n) is 17.0. The molecule has 0 saturated heterocycles. The number of hydrogen-bond acceptors (Lipinski definition) is 8. The second-order valence-electron chi connectivity index (χ2n) is 6.35. The molecule has 32 heavy (non-hydrogen) atoms. The molecule has 0 saturated carbocycles. The monoisotopic (exact) mass is 463 g/mol. The van der Waals surface area contributed by atoms with Crippen LogP contribution in [0.5, 0.6) is 5.75 Å². The molecule has 0 radical (unpaired) electrons. The number of carboxylic acid groups (broad SMARTS) is 1. The van der Waals surface area contributed by atoms with Gasteiger partial charge in [0.1, 0.15) is 11.3 Å². The van der Waals surface area contributed by atoms with Crippen molar-refractivity contribution in [2.24, 2.45) is 20.5 Å². The number of carbonyl (C=O) groups is 1. The first-order chi connectivity index (χ1) is 14.6. The van der Waals surface area contributed by atoms with Crippen molar-refractivity contribution in [1.29, 1.82) is 0 Å². The summed E-state index contributed by atoms with van der Waals surface area (Å²) in [5, 5.41) is 35.0. The van der Waals surface area contributed by atoms with Gasteiger partial charge < -0.3 is 10.2 Å². The molecular weight excluding hydrogens is 447 g/mol. The van der Waals surface area contributed by atoms with Crippen LogP contribution in [0.1, 0.15) is 15.9 Å². The minimum Gasteiger partial charge on any atom is -0.507 e. The second-order valence-corrected chi connectivity index (χ2v) is 7.77. The topological polar surface area (TPSA) is 161 Å². The van der Waals surface area contributed by atoms with Gasteiger partial charge in [0, 0.05) is 0 Å². The van der Waals surface area contributed by atoms with E-state index in [9.17, 15) is 18.3 Å². The van der Waals surface area contributed by atoms with Crippen LogP contribution in [0.4, 0.5) is 22.7 Å². The third-order valence-corrected chi connectivity index (χ3v) is 4.93. The molecule has 0 aliphatic rings. The van der Waals surface area contributed by atoms with Gasteiger partial charge in [-0.3, -0.25) is 4.55 Å². The van der Waals surface area contributed by atoms with Gasteiger partial charge >= 0.3 is 35.5 Å². The van der Waals surface area contributed by atoms with Crippen LogP contribution in [-0.2, 0) is 10.1 Å². The standard InChI is InChI=1S/C20H16N4O6S.Na/c1-12-10-16(11-18(19(12)25)20(26)27)24-23-14-4-2-13(3-5-14)21-22-15-6-8-17(9-7-15)31(28,29)30;/h2-11,25H,1H3,(H,26,27)(H,28,29,30);/q;+1. The predicted octanol–water partition coefficient (Wildman–Crippen LogP) is 2.48. The van der Waals surface area contributed by atoms with Gasteiger partial charge in [-0.15, -0.1) is 0 Å². The number of benzene rings is 3. The molecule has 3 N–H and O–H groups in total. The van der Waals surface area contributed by atoms with E-state index in [0.29, 0.717) is 22.6 Å². The van der Waals surface area contributed by atoms with E-state index in [1.54, 1.807) is 31.2 Å². The van der Waals surface area contributed by atoms with Gasteiger partial charge in [0.15, 0.2) is 0 Å². The van der Waals surface area contributed by atoms with Crippen molar-refractivity contribution in [3.63, 3.8) is 0 Å². The van der Waals surface area contributed by atoms with Crippen LogP contribution in [0.15, 0.2) is 86.0 Å². The number of aromatic hydroxyl groups is 1. The molecule has 0 atom stereocenters. The Morgan fingerprint density at radius 1 is 0.781 bits per heavy atom. The van der Waals surface area contributed by atoms with Gasteiger partial charge in [-0.2, -0.15) is 28.9 Å². The van der Waals surface area contributed by atoms with Crippen molar-refractivity contribution in [3.05, 3.63) is 71.8 Å². The summed E-state index contributed by atoms with van der Waals surface area (Å²) in [6, 6.07) is 14.5. The Hall–Kier alpha value is -2.96. The summed E-state index contributed by atoms with van der Waals surface area (Å²) >= 11 is 0. The van der Waals surface area contributed by atoms with E-state index < -0.39 is 16.1 Å². The first kappa shape index (κ1) is 25.3. The largest absolute Gasteiger partial charge is 1.00 e. The fourth-order valence-corrected chi connectivity index (χ4v) is 2.96. The summed E-state index contributed by atoms with van der Waals surface area (Å²) < 4.78 is 31.0. The van der Waals surface area contributed by atoms with E-state index in [2.05, 4.69) is 20.5 Å². The molecular formula is C20H16N4NaO6S+. The molecule has 3 aromatic rings. The van der Waals surface area contributed by atoms with Crippen molar-refractivity contribution < 1.29 is 57.5 Å². The van der Waals surface area contributed by atoms with Gasteiger partial charge in [-0.25, -0.2) is 4.79 Å². The molecule has 0 aliphatic carbocycles. The Morgan fingerprint density at radius 2 is 1.19 bits per heavy atom. The number of rotatable bonds is 6. The molecule has 12 heteroatoms. The van der Waals surface area contributed by atoms with Crippen LogP contribution in [-0.4, -0.2) is 29.2 Å². The van der Waals surface area contributed by atoms with Crippen LogP contribution in [0.3, 0.4) is 0 Å². The maximum atomic E-state index is 11.2. The summed E-state index contributed by atoms with van der Waals surface area (Å²) in [4.78, 5) is 10.9. The quantitative estimate of drug-likeness (QED) is 0.289. The molecule has 0 fully saturated rings. The Morgan fingerprint density at radius 3 is 1.59 bits per heavy atom. The SMILES string of the molecule is Cc1cc(N=Nc2ccc(N=Nc3ccc(S(=O)(=O)O)cc3)cc2)cc(C(=O)O)c1O.[Na+]. The maximum Gasteiger partial charge on any atom is 1.00 e. The van der Waals surface area contributed by atoms with Crippen LogP contribution in [0.2, 0.25) is 0 Å². The Balaban J connectivity index is 0.00000363. The molecule has 0 unspecified atom stereocenters. The molecule has 0 aromatic heterocycles. The summed E-state index contributed by atoms with van der Waals surface area (Å²) in [6.45, 7) is 1.57. The number of aromatic carboxylic acids is 1. The van der Waals surface area contributed by atoms with Crippen LogP contribution < -0.4 is 29.6 Å². The summed E-state index contributed by atoms with van der Waals surface area (Å²) in [6.07, 6.45) is 0. The van der Waals surface area contributed by atoms with Crippen LogP contribution in [0.25, 0.3) is 0 Å². The third kappa shape index (κ3) is 6.52. The van der Waals surface area contributed by atoms with Crippen molar-refractivity contribution in [2.45, 2.75) is 11.8 Å². The first-order valence-electron chi connectivity index (χ1n) is 8.71. The third-order valence-electron chi connectivity index (χ3n) is 4.06. The maximum absolute atomic E-state index is 11.2. The van der Waals surface area contributed by atoms with Crippen molar-refractivity contribution in [1.82, 2.24) is 0 Å². The van der Waals surface area contributed by atoms with Crippen LogP contribution in [0, 0.1) is 6.92 Å². The van der Waals surface area contributed by atoms with Gasteiger partial charge in [-0.05, 0) is 73.2 Å². The minimum absolute atomic E-state index is 0. The number of nitrogens with zero attached hydrogens (tertiary/aromatic N) is 4. The van der Waals surface area contributed by atoms with E-state index in [4.69, 9.17) is 9.66 Å². The molecule has 158 valence electrons. The number of azo groups is 2. The van der Waals surface area contributed by atoms with Gasteiger partial charge in [0.2, 0.25) is 0 Å². The van der Waals surface area contributed by atoms with E-state index in [0.717, 1.165) is 0 Å². The number of aryl methyl sites for hydroxylation is 1. The Kier molecular flexibility index (Phi) is 8.36. The fraction of sp³-hybridized carbons (Fsp3) is 0.0500. The van der Waals surface area contributed by atoms with Gasteiger partial charge in [-0.1, -0.05) is 0 Å². The van der Waals surface area contributed by atoms with Crippen molar-refractivity contribution in [2.75, 3.05) is 0 Å². The molecule has 3 aromatic carbocycles. The average molecular weight is 463 g/mol. The van der Waals surface area contributed by atoms with E-state index >= 15 is 0 Å². The molecule has 3 rings (SSSR count). The summed E-state index contributed by atoms with van der Waals surface area (Å²) in [5.41, 5.74) is 1.78. The van der Waals surface area contributed by atoms with Gasteiger partial charge in [0.25, 0.3) is 10.1 Å². The molecule has 0 spiro atoms. The normalized spacial score (nSPS) is 11.6. The average Bonchev–Trinajstić information content (AvgIpc) is 2.73. The predicted molar refractivity (Wildman–Crippen MR) is 111 cm³/mol. The first-order valence-corrected chi connectivity index (χ1v) is 10.2. The smallest absolute Gasteiger partial charge is 0.507 e. The zero-order valence-corrected chi connectivity index (χ0v) is 19.9. The fourth-order valence-electron chi connectivity index (χ4n) is 2.48. The van der Waals surface area contributed by atoms with Crippen LogP contribution >= 0.6 is 0 Å². The van der Waals surface area contributed by atoms with E-state index in [1.807, 2.05) is 0 Å². The molecule has 10 nitrogen and oxygen atoms in total. The number of hydrogen-bond donors (Lipinski definition) is 3. The second kappa shape index (κ2) is 10.6. The zero-order chi connectivity index (χ0) is 22.6. The van der Waals surface area contributed by atoms with Gasteiger partial charge in [0.05, 0.1) is 27.6 Å². The summed E-state index contributed by atoms with van der Waals surface area (Å²) in [5.74, 6) is -1.58. The van der Waals surface area contributed by atoms with Crippen molar-refractivity contribution in [3.8, 4) is 5.75 Å². The number of phenols is 1. The summed E-state index contributed by atoms with van der Waals surface area (Å²) in [7, 11) is -4.26. The molecule has 0 bridgehead atoms. The molecule has 0 amide bonds. The number of carboxylic acids is 1. The minimum atomic E-state index is -4.26. The Labute approximate surface area is 205 Å².